The van der Waals surface area contributed by atoms with Crippen LogP contribution < -0.4 is 20.1 Å². The Kier molecular flexibility index (Phi) is 8.78. The molecular formula is C29H29F6N9O3. The molecule has 250 valence electrons. The number of anilines is 2. The summed E-state index contributed by atoms with van der Waals surface area (Å²) in [7, 11) is 1.49. The van der Waals surface area contributed by atoms with Gasteiger partial charge in [-0.25, -0.2) is 24.3 Å². The van der Waals surface area contributed by atoms with E-state index in [-0.39, 0.29) is 37.9 Å². The lowest BCUT2D eigenvalue weighted by atomic mass is 10.1. The first-order valence-electron chi connectivity index (χ1n) is 14.6. The molecule has 6 rings (SSSR count). The Morgan fingerprint density at radius 3 is 2.38 bits per heavy atom. The summed E-state index contributed by atoms with van der Waals surface area (Å²) in [6.45, 7) is 1.19. The van der Waals surface area contributed by atoms with Crippen LogP contribution >= 0.6 is 0 Å². The van der Waals surface area contributed by atoms with Gasteiger partial charge in [-0.1, -0.05) is 12.1 Å². The highest BCUT2D eigenvalue weighted by molar-refractivity contribution is 5.54. The van der Waals surface area contributed by atoms with Gasteiger partial charge in [-0.2, -0.15) is 36.5 Å². The number of rotatable bonds is 9. The van der Waals surface area contributed by atoms with Crippen molar-refractivity contribution in [3.63, 3.8) is 0 Å². The van der Waals surface area contributed by atoms with Crippen molar-refractivity contribution in [2.75, 3.05) is 36.6 Å². The van der Waals surface area contributed by atoms with Crippen LogP contribution in [0.4, 0.5) is 38.0 Å². The predicted molar refractivity (Wildman–Crippen MR) is 154 cm³/mol. The van der Waals surface area contributed by atoms with Crippen LogP contribution in [0.3, 0.4) is 0 Å². The zero-order valence-electron chi connectivity index (χ0n) is 25.0. The Hall–Kier alpha value is -4.74. The third-order valence-electron chi connectivity index (χ3n) is 7.98. The van der Waals surface area contributed by atoms with E-state index in [4.69, 9.17) is 9.47 Å². The van der Waals surface area contributed by atoms with Crippen LogP contribution in [0.5, 0.6) is 5.75 Å². The molecule has 0 saturated carbocycles. The smallest absolute Gasteiger partial charge is 0.423 e. The second-order valence-electron chi connectivity index (χ2n) is 11.1. The summed E-state index contributed by atoms with van der Waals surface area (Å²) in [5.74, 6) is 1.59. The van der Waals surface area contributed by atoms with Gasteiger partial charge in [0.25, 0.3) is 5.56 Å². The summed E-state index contributed by atoms with van der Waals surface area (Å²) < 4.78 is 94.9. The van der Waals surface area contributed by atoms with Crippen LogP contribution in [0, 0.1) is 0 Å². The molecule has 3 aromatic heterocycles. The summed E-state index contributed by atoms with van der Waals surface area (Å²) in [5, 5.41) is 8.50. The van der Waals surface area contributed by atoms with Crippen molar-refractivity contribution < 1.29 is 35.8 Å². The summed E-state index contributed by atoms with van der Waals surface area (Å²) in [6, 6.07) is 6.15. The van der Waals surface area contributed by atoms with Crippen molar-refractivity contribution in [1.29, 1.82) is 0 Å². The third-order valence-corrected chi connectivity index (χ3v) is 7.98. The number of methoxy groups -OCH3 is 1. The molecule has 1 atom stereocenters. The van der Waals surface area contributed by atoms with Gasteiger partial charge in [0.2, 0.25) is 5.95 Å². The molecule has 0 radical (unpaired) electrons. The molecule has 0 unspecified atom stereocenters. The Bertz CT molecular complexity index is 1760. The van der Waals surface area contributed by atoms with Crippen molar-refractivity contribution >= 4 is 11.6 Å². The maximum atomic E-state index is 14.3. The molecule has 0 amide bonds. The van der Waals surface area contributed by atoms with Gasteiger partial charge >= 0.3 is 12.4 Å². The maximum Gasteiger partial charge on any atom is 0.423 e. The average molecular weight is 666 g/mol. The van der Waals surface area contributed by atoms with Crippen LogP contribution in [-0.4, -0.2) is 67.4 Å². The molecule has 2 aliphatic heterocycles. The molecule has 5 heterocycles. The number of ether oxygens (including phenoxy) is 2. The highest BCUT2D eigenvalue weighted by atomic mass is 19.4. The molecule has 0 aliphatic carbocycles. The van der Waals surface area contributed by atoms with Gasteiger partial charge in [0.1, 0.15) is 23.7 Å². The normalized spacial score (nSPS) is 16.9. The van der Waals surface area contributed by atoms with Gasteiger partial charge in [-0.05, 0) is 30.5 Å². The molecule has 12 nitrogen and oxygen atoms in total. The minimum Gasteiger partial charge on any atom is -0.497 e. The quantitative estimate of drug-likeness (QED) is 0.244. The Morgan fingerprint density at radius 1 is 0.957 bits per heavy atom. The van der Waals surface area contributed by atoms with Gasteiger partial charge in [0, 0.05) is 25.5 Å². The van der Waals surface area contributed by atoms with Crippen molar-refractivity contribution in [3.05, 3.63) is 81.5 Å². The number of aromatic nitrogens is 7. The van der Waals surface area contributed by atoms with Gasteiger partial charge in [0.05, 0.1) is 56.8 Å². The summed E-state index contributed by atoms with van der Waals surface area (Å²) in [6.07, 6.45) is -5.76. The van der Waals surface area contributed by atoms with E-state index < -0.39 is 35.1 Å². The van der Waals surface area contributed by atoms with Crippen molar-refractivity contribution in [1.82, 2.24) is 34.5 Å². The number of fused-ring (bicyclic) bond motifs is 1. The fourth-order valence-corrected chi connectivity index (χ4v) is 5.64. The lowest BCUT2D eigenvalue weighted by Gasteiger charge is -2.28. The van der Waals surface area contributed by atoms with E-state index in [0.717, 1.165) is 23.3 Å². The first kappa shape index (κ1) is 32.2. The average Bonchev–Trinajstić information content (AvgIpc) is 3.67. The van der Waals surface area contributed by atoms with E-state index in [9.17, 15) is 31.1 Å². The Morgan fingerprint density at radius 2 is 1.70 bits per heavy atom. The molecule has 0 bridgehead atoms. The van der Waals surface area contributed by atoms with Gasteiger partial charge in [-0.3, -0.25) is 4.79 Å². The summed E-state index contributed by atoms with van der Waals surface area (Å²) in [5.41, 5.74) is -3.16. The number of nitrogens with zero attached hydrogens (tertiary/aromatic N) is 9. The van der Waals surface area contributed by atoms with Crippen LogP contribution in [0.1, 0.15) is 41.2 Å². The van der Waals surface area contributed by atoms with Crippen molar-refractivity contribution in [2.24, 2.45) is 0 Å². The van der Waals surface area contributed by atoms with E-state index in [0.29, 0.717) is 55.4 Å². The fourth-order valence-electron chi connectivity index (χ4n) is 5.64. The third kappa shape index (κ3) is 7.01. The lowest BCUT2D eigenvalue weighted by molar-refractivity contribution is -0.139. The molecule has 1 aromatic carbocycles. The van der Waals surface area contributed by atoms with Crippen molar-refractivity contribution in [3.8, 4) is 5.75 Å². The number of alkyl halides is 6. The van der Waals surface area contributed by atoms with Crippen molar-refractivity contribution in [2.45, 2.75) is 57.5 Å². The Balaban J connectivity index is 1.11. The SMILES string of the molecule is COc1ccc(Cn2ncc(N3CCC[C@H]3COCc3nc4n(n3)CCN(c3ncc(C(F)(F)F)cn3)C4)c(C(F)(F)F)c2=O)cc1. The standard InChI is InChI=1S/C29H29F6N9O3/c1-46-21-6-4-18(5-7-21)14-44-26(45)25(29(33,34)35)22(13-38-44)42-8-2-3-20(42)16-47-17-23-39-24-15-41(9-10-43(24)40-23)27-36-11-19(12-37-27)28(30,31)32/h4-7,11-13,20H,2-3,8-10,14-17H2,1H3/t20-/m0/s1. The second-order valence-corrected chi connectivity index (χ2v) is 11.1. The second kappa shape index (κ2) is 12.8. The first-order chi connectivity index (χ1) is 22.4. The molecule has 1 saturated heterocycles. The predicted octanol–water partition coefficient (Wildman–Crippen LogP) is 3.93. The minimum atomic E-state index is -4.91. The summed E-state index contributed by atoms with van der Waals surface area (Å²) in [4.78, 5) is 28.5. The van der Waals surface area contributed by atoms with Crippen LogP contribution in [0.15, 0.2) is 47.7 Å². The van der Waals surface area contributed by atoms with Gasteiger partial charge in [-0.15, -0.1) is 0 Å². The zero-order chi connectivity index (χ0) is 33.3. The largest absolute Gasteiger partial charge is 0.497 e. The lowest BCUT2D eigenvalue weighted by Crippen LogP contribution is -2.39. The fraction of sp³-hybridized carbons (Fsp3) is 0.448. The maximum absolute atomic E-state index is 14.3. The molecule has 1 fully saturated rings. The molecule has 18 heteroatoms. The summed E-state index contributed by atoms with van der Waals surface area (Å²) >= 11 is 0. The molecule has 4 aromatic rings. The van der Waals surface area contributed by atoms with E-state index in [1.807, 2.05) is 0 Å². The Labute approximate surface area is 263 Å². The number of benzene rings is 1. The van der Waals surface area contributed by atoms with Crippen LogP contribution in [0.25, 0.3) is 0 Å². The van der Waals surface area contributed by atoms with E-state index >= 15 is 0 Å². The monoisotopic (exact) mass is 665 g/mol. The zero-order valence-corrected chi connectivity index (χ0v) is 25.0. The molecular weight excluding hydrogens is 636 g/mol. The number of hydrogen-bond acceptors (Lipinski definition) is 10. The minimum absolute atomic E-state index is 0.0189. The van der Waals surface area contributed by atoms with E-state index in [1.54, 1.807) is 33.8 Å². The molecule has 47 heavy (non-hydrogen) atoms. The van der Waals surface area contributed by atoms with Gasteiger partial charge in [0.15, 0.2) is 5.82 Å². The molecule has 0 N–H and O–H groups in total. The van der Waals surface area contributed by atoms with E-state index in [1.165, 1.54) is 12.0 Å². The number of hydrogen-bond donors (Lipinski definition) is 0. The van der Waals surface area contributed by atoms with E-state index in [2.05, 4.69) is 25.1 Å². The highest BCUT2D eigenvalue weighted by Gasteiger charge is 2.41. The van der Waals surface area contributed by atoms with Crippen LogP contribution in [-0.2, 0) is 43.3 Å². The first-order valence-corrected chi connectivity index (χ1v) is 14.6. The topological polar surface area (TPSA) is 116 Å². The van der Waals surface area contributed by atoms with Crippen LogP contribution in [0.2, 0.25) is 0 Å². The molecule has 0 spiro atoms. The molecule has 2 aliphatic rings. The highest BCUT2D eigenvalue weighted by Crippen LogP contribution is 2.37. The number of halogens is 6. The van der Waals surface area contributed by atoms with Gasteiger partial charge < -0.3 is 19.3 Å².